The molecule has 0 aliphatic heterocycles. The molecule has 144 valence electrons. The van der Waals surface area contributed by atoms with Crippen molar-refractivity contribution in [2.45, 2.75) is 20.4 Å². The molecule has 0 radical (unpaired) electrons. The first-order valence-corrected chi connectivity index (χ1v) is 9.42. The lowest BCUT2D eigenvalue weighted by molar-refractivity contribution is -0.117. The van der Waals surface area contributed by atoms with Crippen molar-refractivity contribution in [2.75, 3.05) is 30.8 Å². The molecule has 0 saturated heterocycles. The van der Waals surface area contributed by atoms with E-state index in [9.17, 15) is 9.59 Å². The molecular formula is C20H24BrN3O3. The van der Waals surface area contributed by atoms with Gasteiger partial charge in [0.25, 0.3) is 0 Å². The molecule has 2 amide bonds. The molecule has 0 fully saturated rings. The molecule has 7 heteroatoms. The highest BCUT2D eigenvalue weighted by molar-refractivity contribution is 9.10. The number of hydrogen-bond acceptors (Lipinski definition) is 4. The van der Waals surface area contributed by atoms with Crippen molar-refractivity contribution in [3.8, 4) is 5.75 Å². The number of hydrogen-bond donors (Lipinski definition) is 2. The predicted molar refractivity (Wildman–Crippen MR) is 111 cm³/mol. The largest absolute Gasteiger partial charge is 0.496 e. The Hall–Kier alpha value is -2.38. The Labute approximate surface area is 168 Å². The molecule has 6 nitrogen and oxygen atoms in total. The highest BCUT2D eigenvalue weighted by Gasteiger charge is 2.13. The van der Waals surface area contributed by atoms with Gasteiger partial charge in [0, 0.05) is 34.9 Å². The minimum absolute atomic E-state index is 0.0990. The van der Waals surface area contributed by atoms with E-state index in [-0.39, 0.29) is 18.4 Å². The molecule has 0 heterocycles. The average Bonchev–Trinajstić information content (AvgIpc) is 2.62. The number of nitrogens with one attached hydrogen (secondary N) is 2. The summed E-state index contributed by atoms with van der Waals surface area (Å²) in [5.41, 5.74) is 2.39. The van der Waals surface area contributed by atoms with Crippen molar-refractivity contribution in [2.24, 2.45) is 0 Å². The molecular weight excluding hydrogens is 410 g/mol. The average molecular weight is 434 g/mol. The Kier molecular flexibility index (Phi) is 7.82. The van der Waals surface area contributed by atoms with Gasteiger partial charge in [0.1, 0.15) is 5.75 Å². The zero-order chi connectivity index (χ0) is 19.8. The first kappa shape index (κ1) is 20.9. The molecule has 0 aliphatic rings. The van der Waals surface area contributed by atoms with Crippen molar-refractivity contribution >= 4 is 39.1 Å². The standard InChI is InChI=1S/C20H24BrN3O3/c1-4-24(12-15-11-16(21)5-10-19(15)27-3)13-20(26)23-18-8-6-17(7-9-18)22-14(2)25/h5-11H,4,12-13H2,1-3H3,(H,22,25)(H,23,26). The quantitative estimate of drug-likeness (QED) is 0.662. The maximum absolute atomic E-state index is 12.4. The maximum Gasteiger partial charge on any atom is 0.238 e. The Bertz CT molecular complexity index is 794. The number of ether oxygens (including phenoxy) is 1. The molecule has 0 aromatic heterocycles. The van der Waals surface area contributed by atoms with Crippen LogP contribution in [0, 0.1) is 0 Å². The lowest BCUT2D eigenvalue weighted by atomic mass is 10.2. The molecule has 0 bridgehead atoms. The van der Waals surface area contributed by atoms with Crippen LogP contribution >= 0.6 is 15.9 Å². The van der Waals surface area contributed by atoms with Gasteiger partial charge in [0.15, 0.2) is 0 Å². The van der Waals surface area contributed by atoms with Crippen LogP contribution < -0.4 is 15.4 Å². The molecule has 2 aromatic carbocycles. The molecule has 27 heavy (non-hydrogen) atoms. The summed E-state index contributed by atoms with van der Waals surface area (Å²) in [7, 11) is 1.64. The Morgan fingerprint density at radius 3 is 2.26 bits per heavy atom. The van der Waals surface area contributed by atoms with Gasteiger partial charge in [-0.15, -0.1) is 0 Å². The number of nitrogens with zero attached hydrogens (tertiary/aromatic N) is 1. The number of anilines is 2. The predicted octanol–water partition coefficient (Wildman–Crippen LogP) is 3.88. The van der Waals surface area contributed by atoms with Crippen LogP contribution in [-0.2, 0) is 16.1 Å². The topological polar surface area (TPSA) is 70.7 Å². The van der Waals surface area contributed by atoms with Crippen LogP contribution in [0.2, 0.25) is 0 Å². The molecule has 0 unspecified atom stereocenters. The first-order valence-electron chi connectivity index (χ1n) is 8.63. The fourth-order valence-electron chi connectivity index (χ4n) is 2.63. The second-order valence-electron chi connectivity index (χ2n) is 6.07. The lowest BCUT2D eigenvalue weighted by Gasteiger charge is -2.21. The van der Waals surface area contributed by atoms with Crippen LogP contribution in [0.1, 0.15) is 19.4 Å². The third-order valence-corrected chi connectivity index (χ3v) is 4.43. The van der Waals surface area contributed by atoms with E-state index in [2.05, 4.69) is 26.6 Å². The van der Waals surface area contributed by atoms with Crippen LogP contribution in [0.25, 0.3) is 0 Å². The fourth-order valence-corrected chi connectivity index (χ4v) is 3.04. The monoisotopic (exact) mass is 433 g/mol. The van der Waals surface area contributed by atoms with Crippen LogP contribution in [0.15, 0.2) is 46.9 Å². The van der Waals surface area contributed by atoms with Gasteiger partial charge in [-0.25, -0.2) is 0 Å². The summed E-state index contributed by atoms with van der Waals surface area (Å²) in [6, 6.07) is 12.9. The number of carbonyl (C=O) groups is 2. The summed E-state index contributed by atoms with van der Waals surface area (Å²) in [6.07, 6.45) is 0. The van der Waals surface area contributed by atoms with Gasteiger partial charge in [-0.05, 0) is 49.0 Å². The summed E-state index contributed by atoms with van der Waals surface area (Å²) >= 11 is 3.47. The smallest absolute Gasteiger partial charge is 0.238 e. The van der Waals surface area contributed by atoms with Crippen molar-refractivity contribution in [1.29, 1.82) is 0 Å². The van der Waals surface area contributed by atoms with Gasteiger partial charge >= 0.3 is 0 Å². The van der Waals surface area contributed by atoms with E-state index in [1.807, 2.05) is 30.0 Å². The number of amides is 2. The van der Waals surface area contributed by atoms with Crippen LogP contribution in [0.4, 0.5) is 11.4 Å². The zero-order valence-corrected chi connectivity index (χ0v) is 17.3. The lowest BCUT2D eigenvalue weighted by Crippen LogP contribution is -2.32. The maximum atomic E-state index is 12.4. The third kappa shape index (κ3) is 6.69. The van der Waals surface area contributed by atoms with Crippen molar-refractivity contribution in [3.05, 3.63) is 52.5 Å². The molecule has 0 spiro atoms. The highest BCUT2D eigenvalue weighted by atomic mass is 79.9. The third-order valence-electron chi connectivity index (χ3n) is 3.94. The number of benzene rings is 2. The van der Waals surface area contributed by atoms with Crippen molar-refractivity contribution in [3.63, 3.8) is 0 Å². The second-order valence-corrected chi connectivity index (χ2v) is 6.98. The van der Waals surface area contributed by atoms with Gasteiger partial charge in [-0.3, -0.25) is 14.5 Å². The minimum atomic E-state index is -0.131. The van der Waals surface area contributed by atoms with E-state index in [4.69, 9.17) is 4.74 Å². The SMILES string of the molecule is CCN(CC(=O)Nc1ccc(NC(C)=O)cc1)Cc1cc(Br)ccc1OC. The van der Waals surface area contributed by atoms with Crippen LogP contribution in [-0.4, -0.2) is 36.9 Å². The van der Waals surface area contributed by atoms with E-state index in [1.54, 1.807) is 31.4 Å². The van der Waals surface area contributed by atoms with E-state index < -0.39 is 0 Å². The molecule has 2 rings (SSSR count). The number of likely N-dealkylation sites (N-methyl/N-ethyl adjacent to an activating group) is 1. The molecule has 2 aromatic rings. The van der Waals surface area contributed by atoms with Crippen LogP contribution in [0.3, 0.4) is 0 Å². The van der Waals surface area contributed by atoms with Gasteiger partial charge in [-0.2, -0.15) is 0 Å². The molecule has 0 atom stereocenters. The molecule has 0 saturated carbocycles. The number of rotatable bonds is 8. The molecule has 0 aliphatic carbocycles. The second kappa shape index (κ2) is 10.1. The van der Waals surface area contributed by atoms with E-state index in [0.717, 1.165) is 22.3 Å². The zero-order valence-electron chi connectivity index (χ0n) is 15.7. The van der Waals surface area contributed by atoms with E-state index >= 15 is 0 Å². The van der Waals surface area contributed by atoms with E-state index in [0.29, 0.717) is 17.9 Å². The number of methoxy groups -OCH3 is 1. The summed E-state index contributed by atoms with van der Waals surface area (Å²) in [4.78, 5) is 25.5. The van der Waals surface area contributed by atoms with Gasteiger partial charge < -0.3 is 15.4 Å². The van der Waals surface area contributed by atoms with Gasteiger partial charge in [0.2, 0.25) is 11.8 Å². The fraction of sp³-hybridized carbons (Fsp3) is 0.300. The summed E-state index contributed by atoms with van der Waals surface area (Å²) in [5, 5.41) is 5.57. The van der Waals surface area contributed by atoms with Crippen molar-refractivity contribution < 1.29 is 14.3 Å². The van der Waals surface area contributed by atoms with Gasteiger partial charge in [0.05, 0.1) is 13.7 Å². The van der Waals surface area contributed by atoms with E-state index in [1.165, 1.54) is 6.92 Å². The molecule has 2 N–H and O–H groups in total. The number of carbonyl (C=O) groups excluding carboxylic acids is 2. The normalized spacial score (nSPS) is 10.6. The van der Waals surface area contributed by atoms with Crippen molar-refractivity contribution in [1.82, 2.24) is 4.90 Å². The summed E-state index contributed by atoms with van der Waals surface area (Å²) in [5.74, 6) is 0.567. The summed E-state index contributed by atoms with van der Waals surface area (Å²) < 4.78 is 6.38. The minimum Gasteiger partial charge on any atom is -0.496 e. The highest BCUT2D eigenvalue weighted by Crippen LogP contribution is 2.24. The van der Waals surface area contributed by atoms with Gasteiger partial charge in [-0.1, -0.05) is 22.9 Å². The van der Waals surface area contributed by atoms with Crippen LogP contribution in [0.5, 0.6) is 5.75 Å². The Balaban J connectivity index is 1.96. The summed E-state index contributed by atoms with van der Waals surface area (Å²) in [6.45, 7) is 5.06. The number of halogens is 1. The Morgan fingerprint density at radius 2 is 1.70 bits per heavy atom. The Morgan fingerprint density at radius 1 is 1.07 bits per heavy atom. The first-order chi connectivity index (χ1) is 12.9.